The molecule has 1 aromatic heterocycles. The largest absolute Gasteiger partial charge is 0.497 e. The third-order valence-corrected chi connectivity index (χ3v) is 7.27. The lowest BCUT2D eigenvalue weighted by Gasteiger charge is -2.25. The van der Waals surface area contributed by atoms with E-state index in [0.29, 0.717) is 15.3 Å². The number of nitriles is 1. The van der Waals surface area contributed by atoms with Crippen LogP contribution in [-0.2, 0) is 19.6 Å². The first-order valence-electron chi connectivity index (χ1n) is 11.3. The molecule has 0 aliphatic rings. The highest BCUT2D eigenvalue weighted by molar-refractivity contribution is 7.90. The number of hydrogen-bond acceptors (Lipinski definition) is 7. The van der Waals surface area contributed by atoms with E-state index in [1.165, 1.54) is 49.6 Å². The highest BCUT2D eigenvalue weighted by Crippen LogP contribution is 2.29. The minimum absolute atomic E-state index is 0.0179. The van der Waals surface area contributed by atoms with Crippen LogP contribution in [0.3, 0.4) is 0 Å². The number of rotatable bonds is 6. The molecule has 0 saturated carbocycles. The molecule has 0 aliphatic heterocycles. The zero-order valence-corrected chi connectivity index (χ0v) is 21.5. The van der Waals surface area contributed by atoms with E-state index in [2.05, 4.69) is 0 Å². The second-order valence-corrected chi connectivity index (χ2v) is 11.0. The molecule has 3 aromatic carbocycles. The van der Waals surface area contributed by atoms with E-state index in [1.54, 1.807) is 51.1 Å². The molecule has 0 radical (unpaired) electrons. The summed E-state index contributed by atoms with van der Waals surface area (Å²) < 4.78 is 39.9. The van der Waals surface area contributed by atoms with Crippen molar-refractivity contribution >= 4 is 27.0 Å². The van der Waals surface area contributed by atoms with Gasteiger partial charge in [0.25, 0.3) is 10.0 Å². The molecule has 1 atom stereocenters. The molecule has 0 saturated heterocycles. The third kappa shape index (κ3) is 4.86. The van der Waals surface area contributed by atoms with E-state index in [1.807, 2.05) is 6.07 Å². The molecule has 1 unspecified atom stereocenters. The maximum Gasteiger partial charge on any atom is 0.344 e. The molecule has 10 heteroatoms. The summed E-state index contributed by atoms with van der Waals surface area (Å²) in [6.45, 7) is 5.09. The second-order valence-electron chi connectivity index (χ2n) is 9.26. The van der Waals surface area contributed by atoms with Crippen molar-refractivity contribution < 1.29 is 22.7 Å². The number of aromatic nitrogens is 2. The van der Waals surface area contributed by atoms with Gasteiger partial charge >= 0.3 is 11.7 Å². The van der Waals surface area contributed by atoms with Gasteiger partial charge in [-0.3, -0.25) is 4.57 Å². The molecule has 4 rings (SSSR count). The van der Waals surface area contributed by atoms with Crippen molar-refractivity contribution in [3.05, 3.63) is 94.4 Å². The molecule has 37 heavy (non-hydrogen) atoms. The zero-order valence-electron chi connectivity index (χ0n) is 20.7. The van der Waals surface area contributed by atoms with E-state index >= 15 is 0 Å². The van der Waals surface area contributed by atoms with Crippen LogP contribution in [0.4, 0.5) is 0 Å². The van der Waals surface area contributed by atoms with Crippen molar-refractivity contribution in [1.29, 1.82) is 5.26 Å². The normalized spacial score (nSPS) is 12.6. The SMILES string of the molecule is COc1ccc(S(=O)(=O)n2c(=O)n(C(C(=O)OC(C)(C)C)c3ccccc3)c3cc(C#N)ccc32)cc1. The maximum atomic E-state index is 13.9. The summed E-state index contributed by atoms with van der Waals surface area (Å²) in [6.07, 6.45) is 0. The smallest absolute Gasteiger partial charge is 0.344 e. The van der Waals surface area contributed by atoms with Gasteiger partial charge in [-0.05, 0) is 68.8 Å². The number of carbonyl (C=O) groups excluding carboxylic acids is 1. The van der Waals surface area contributed by atoms with Crippen molar-refractivity contribution in [2.45, 2.75) is 37.3 Å². The van der Waals surface area contributed by atoms with Gasteiger partial charge in [0.2, 0.25) is 0 Å². The van der Waals surface area contributed by atoms with Crippen molar-refractivity contribution in [2.24, 2.45) is 0 Å². The van der Waals surface area contributed by atoms with E-state index in [-0.39, 0.29) is 21.5 Å². The zero-order chi connectivity index (χ0) is 27.0. The lowest BCUT2D eigenvalue weighted by atomic mass is 10.1. The Hall–Kier alpha value is -4.36. The van der Waals surface area contributed by atoms with Gasteiger partial charge in [-0.25, -0.2) is 18.0 Å². The summed E-state index contributed by atoms with van der Waals surface area (Å²) in [6, 6.07) is 18.9. The number of hydrogen-bond donors (Lipinski definition) is 0. The Bertz CT molecular complexity index is 1670. The average Bonchev–Trinajstić information content (AvgIpc) is 3.15. The first-order chi connectivity index (χ1) is 17.5. The van der Waals surface area contributed by atoms with Crippen LogP contribution in [0.5, 0.6) is 5.75 Å². The van der Waals surface area contributed by atoms with Gasteiger partial charge in [-0.15, -0.1) is 0 Å². The Morgan fingerprint density at radius 3 is 2.19 bits per heavy atom. The Kier molecular flexibility index (Phi) is 6.67. The third-order valence-electron chi connectivity index (χ3n) is 5.56. The molecule has 0 aliphatic carbocycles. The lowest BCUT2D eigenvalue weighted by molar-refractivity contribution is -0.157. The Morgan fingerprint density at radius 1 is 0.973 bits per heavy atom. The predicted molar refractivity (Wildman–Crippen MR) is 137 cm³/mol. The highest BCUT2D eigenvalue weighted by Gasteiger charge is 2.34. The monoisotopic (exact) mass is 519 g/mol. The summed E-state index contributed by atoms with van der Waals surface area (Å²) in [5.41, 5.74) is -1.12. The average molecular weight is 520 g/mol. The summed E-state index contributed by atoms with van der Waals surface area (Å²) >= 11 is 0. The Balaban J connectivity index is 2.06. The highest BCUT2D eigenvalue weighted by atomic mass is 32.2. The number of fused-ring (bicyclic) bond motifs is 1. The standard InChI is InChI=1S/C27H25N3O6S/c1-27(2,3)36-25(31)24(19-8-6-5-7-9-19)29-23-16-18(17-28)10-15-22(23)30(26(29)32)37(33,34)21-13-11-20(35-4)12-14-21/h5-16,24H,1-4H3. The van der Waals surface area contributed by atoms with Gasteiger partial charge in [0, 0.05) is 0 Å². The van der Waals surface area contributed by atoms with E-state index in [9.17, 15) is 23.3 Å². The van der Waals surface area contributed by atoms with Crippen LogP contribution in [0.1, 0.15) is 37.9 Å². The first-order valence-corrected chi connectivity index (χ1v) is 12.8. The fraction of sp³-hybridized carbons (Fsp3) is 0.222. The van der Waals surface area contributed by atoms with E-state index < -0.39 is 33.3 Å². The molecule has 1 heterocycles. The Labute approximate surface area is 214 Å². The second kappa shape index (κ2) is 9.59. The molecule has 4 aromatic rings. The quantitative estimate of drug-likeness (QED) is 0.355. The number of carbonyl (C=O) groups is 1. The number of nitrogens with zero attached hydrogens (tertiary/aromatic N) is 3. The van der Waals surface area contributed by atoms with Gasteiger partial charge < -0.3 is 9.47 Å². The van der Waals surface area contributed by atoms with Gasteiger partial charge in [0.05, 0.1) is 34.7 Å². The predicted octanol–water partition coefficient (Wildman–Crippen LogP) is 3.85. The number of esters is 1. The summed E-state index contributed by atoms with van der Waals surface area (Å²) in [5, 5.41) is 9.50. The molecular weight excluding hydrogens is 494 g/mol. The van der Waals surface area contributed by atoms with Gasteiger partial charge in [-0.1, -0.05) is 30.3 Å². The van der Waals surface area contributed by atoms with Crippen LogP contribution in [0.15, 0.2) is 82.5 Å². The Morgan fingerprint density at radius 2 is 1.62 bits per heavy atom. The van der Waals surface area contributed by atoms with Crippen molar-refractivity contribution in [2.75, 3.05) is 7.11 Å². The van der Waals surface area contributed by atoms with Crippen LogP contribution in [0.25, 0.3) is 11.0 Å². The summed E-state index contributed by atoms with van der Waals surface area (Å²) in [5.74, 6) is -0.300. The van der Waals surface area contributed by atoms with Gasteiger partial charge in [0.15, 0.2) is 6.04 Å². The molecule has 0 fully saturated rings. The number of ether oxygens (including phenoxy) is 2. The molecule has 0 N–H and O–H groups in total. The topological polar surface area (TPSA) is 120 Å². The van der Waals surface area contributed by atoms with Crippen molar-refractivity contribution in [3.8, 4) is 11.8 Å². The summed E-state index contributed by atoms with van der Waals surface area (Å²) in [7, 11) is -2.95. The van der Waals surface area contributed by atoms with Gasteiger partial charge in [-0.2, -0.15) is 9.23 Å². The van der Waals surface area contributed by atoms with Crippen molar-refractivity contribution in [1.82, 2.24) is 8.54 Å². The molecular formula is C27H25N3O6S. The van der Waals surface area contributed by atoms with Crippen LogP contribution in [-0.4, -0.2) is 35.6 Å². The maximum absolute atomic E-state index is 13.9. The fourth-order valence-electron chi connectivity index (χ4n) is 3.98. The van der Waals surface area contributed by atoms with Crippen LogP contribution >= 0.6 is 0 Å². The van der Waals surface area contributed by atoms with Crippen LogP contribution in [0.2, 0.25) is 0 Å². The number of imidazole rings is 1. The molecule has 9 nitrogen and oxygen atoms in total. The first kappa shape index (κ1) is 25.7. The molecule has 0 spiro atoms. The van der Waals surface area contributed by atoms with E-state index in [4.69, 9.17) is 9.47 Å². The number of benzene rings is 3. The number of methoxy groups -OCH3 is 1. The lowest BCUT2D eigenvalue weighted by Crippen LogP contribution is -2.37. The minimum atomic E-state index is -4.40. The van der Waals surface area contributed by atoms with Crippen LogP contribution < -0.4 is 10.4 Å². The van der Waals surface area contributed by atoms with Crippen molar-refractivity contribution in [3.63, 3.8) is 0 Å². The fourth-order valence-corrected chi connectivity index (χ4v) is 5.38. The minimum Gasteiger partial charge on any atom is -0.497 e. The molecule has 0 bridgehead atoms. The molecule has 190 valence electrons. The van der Waals surface area contributed by atoms with Gasteiger partial charge in [0.1, 0.15) is 11.4 Å². The summed E-state index contributed by atoms with van der Waals surface area (Å²) in [4.78, 5) is 27.3. The van der Waals surface area contributed by atoms with E-state index in [0.717, 1.165) is 4.57 Å². The van der Waals surface area contributed by atoms with Crippen LogP contribution in [0, 0.1) is 11.3 Å². The molecule has 0 amide bonds.